The van der Waals surface area contributed by atoms with Crippen LogP contribution in [-0.2, 0) is 12.3 Å². The van der Waals surface area contributed by atoms with Gasteiger partial charge < -0.3 is 9.40 Å². The molecule has 1 N–H and O–H groups in total. The molecule has 0 bridgehead atoms. The average Bonchev–Trinajstić information content (AvgIpc) is 3.10. The van der Waals surface area contributed by atoms with E-state index in [9.17, 15) is 4.79 Å². The van der Waals surface area contributed by atoms with Crippen LogP contribution in [0.3, 0.4) is 0 Å². The molecule has 8 heteroatoms. The minimum absolute atomic E-state index is 0.131. The lowest BCUT2D eigenvalue weighted by molar-refractivity contribution is 0.478. The number of thioether (sulfide) groups is 1. The number of nitrogens with one attached hydrogen (secondary N) is 1. The molecule has 0 aliphatic heterocycles. The molecule has 24 heavy (non-hydrogen) atoms. The second kappa shape index (κ2) is 6.27. The van der Waals surface area contributed by atoms with Gasteiger partial charge in [-0.1, -0.05) is 11.8 Å². The number of hydrogen-bond donors (Lipinski definition) is 1. The van der Waals surface area contributed by atoms with Crippen LogP contribution in [0, 0.1) is 6.92 Å². The highest BCUT2D eigenvalue weighted by Crippen LogP contribution is 2.40. The van der Waals surface area contributed by atoms with Gasteiger partial charge in [0, 0.05) is 17.7 Å². The molecule has 124 valence electrons. The predicted octanol–water partition coefficient (Wildman–Crippen LogP) is 2.48. The first-order valence-electron chi connectivity index (χ1n) is 7.84. The lowest BCUT2D eigenvalue weighted by Crippen LogP contribution is -2.11. The number of rotatable bonds is 6. The smallest absolute Gasteiger partial charge is 0.251 e. The van der Waals surface area contributed by atoms with Gasteiger partial charge in [0.25, 0.3) is 5.56 Å². The van der Waals surface area contributed by atoms with Crippen LogP contribution in [0.15, 0.2) is 38.8 Å². The van der Waals surface area contributed by atoms with Crippen molar-refractivity contribution in [1.82, 2.24) is 24.7 Å². The van der Waals surface area contributed by atoms with Crippen molar-refractivity contribution in [1.29, 1.82) is 0 Å². The summed E-state index contributed by atoms with van der Waals surface area (Å²) in [5, 5.41) is 9.51. The van der Waals surface area contributed by atoms with Crippen LogP contribution in [0.25, 0.3) is 0 Å². The molecule has 0 aromatic carbocycles. The van der Waals surface area contributed by atoms with E-state index >= 15 is 0 Å². The van der Waals surface area contributed by atoms with Crippen molar-refractivity contribution in [3.05, 3.63) is 57.9 Å². The topological polar surface area (TPSA) is 89.6 Å². The first-order chi connectivity index (χ1) is 11.7. The summed E-state index contributed by atoms with van der Waals surface area (Å²) in [6.07, 6.45) is 3.99. The molecule has 1 fully saturated rings. The predicted molar refractivity (Wildman–Crippen MR) is 89.0 cm³/mol. The molecule has 1 aliphatic rings. The highest BCUT2D eigenvalue weighted by atomic mass is 32.2. The summed E-state index contributed by atoms with van der Waals surface area (Å²) in [6.45, 7) is 2.43. The normalized spacial score (nSPS) is 14.2. The second-order valence-corrected chi connectivity index (χ2v) is 6.85. The fourth-order valence-electron chi connectivity index (χ4n) is 2.60. The number of nitrogens with zero attached hydrogens (tertiary/aromatic N) is 4. The summed E-state index contributed by atoms with van der Waals surface area (Å²) in [5.41, 5.74) is 0.582. The monoisotopic (exact) mass is 343 g/mol. The molecule has 3 aromatic rings. The van der Waals surface area contributed by atoms with E-state index < -0.39 is 0 Å². The van der Waals surface area contributed by atoms with E-state index in [1.54, 1.807) is 6.26 Å². The van der Waals surface area contributed by atoms with Gasteiger partial charge in [0.05, 0.1) is 18.6 Å². The molecule has 0 unspecified atom stereocenters. The largest absolute Gasteiger partial charge is 0.467 e. The standard InChI is InChI=1S/C16H17N5O2S/c1-10-7-14(22)18-13(17-10)9-24-16-20-19-15(11-4-5-11)21(16)8-12-3-2-6-23-12/h2-3,6-7,11H,4-5,8-9H2,1H3,(H,17,18,22). The van der Waals surface area contributed by atoms with Crippen molar-refractivity contribution in [2.45, 2.75) is 43.1 Å². The van der Waals surface area contributed by atoms with E-state index in [1.165, 1.54) is 17.8 Å². The Balaban J connectivity index is 1.57. The number of aryl methyl sites for hydroxylation is 1. The van der Waals surface area contributed by atoms with Gasteiger partial charge in [0.1, 0.15) is 17.4 Å². The Hall–Kier alpha value is -2.35. The van der Waals surface area contributed by atoms with Crippen LogP contribution in [0.2, 0.25) is 0 Å². The van der Waals surface area contributed by atoms with Gasteiger partial charge in [-0.3, -0.25) is 9.36 Å². The first-order valence-corrected chi connectivity index (χ1v) is 8.83. The Bertz CT molecular complexity index is 896. The molecule has 0 amide bonds. The molecular formula is C16H17N5O2S. The summed E-state index contributed by atoms with van der Waals surface area (Å²) in [4.78, 5) is 18.7. The summed E-state index contributed by atoms with van der Waals surface area (Å²) < 4.78 is 7.57. The van der Waals surface area contributed by atoms with Crippen molar-refractivity contribution in [2.24, 2.45) is 0 Å². The van der Waals surface area contributed by atoms with Crippen molar-refractivity contribution in [3.63, 3.8) is 0 Å². The number of furan rings is 1. The third-order valence-electron chi connectivity index (χ3n) is 3.84. The number of hydrogen-bond acceptors (Lipinski definition) is 6. The lowest BCUT2D eigenvalue weighted by Gasteiger charge is -2.08. The maximum atomic E-state index is 11.6. The number of aromatic amines is 1. The van der Waals surface area contributed by atoms with Gasteiger partial charge in [-0.2, -0.15) is 0 Å². The number of H-pyrrole nitrogens is 1. The van der Waals surface area contributed by atoms with Crippen LogP contribution in [0.5, 0.6) is 0 Å². The Morgan fingerprint density at radius 1 is 1.42 bits per heavy atom. The van der Waals surface area contributed by atoms with E-state index in [1.807, 2.05) is 19.1 Å². The highest BCUT2D eigenvalue weighted by Gasteiger charge is 2.30. The van der Waals surface area contributed by atoms with Gasteiger partial charge in [-0.05, 0) is 31.9 Å². The van der Waals surface area contributed by atoms with Gasteiger partial charge in [-0.25, -0.2) is 4.98 Å². The Labute approximate surface area is 142 Å². The van der Waals surface area contributed by atoms with Gasteiger partial charge in [-0.15, -0.1) is 10.2 Å². The minimum atomic E-state index is -0.131. The quantitative estimate of drug-likeness (QED) is 0.692. The molecule has 0 saturated heterocycles. The van der Waals surface area contributed by atoms with E-state index in [-0.39, 0.29) is 5.56 Å². The van der Waals surface area contributed by atoms with Crippen molar-refractivity contribution < 1.29 is 4.42 Å². The molecule has 0 radical (unpaired) electrons. The zero-order valence-corrected chi connectivity index (χ0v) is 14.0. The van der Waals surface area contributed by atoms with E-state index in [0.29, 0.717) is 29.7 Å². The Kier molecular flexibility index (Phi) is 3.97. The zero-order valence-electron chi connectivity index (χ0n) is 13.2. The maximum absolute atomic E-state index is 11.6. The minimum Gasteiger partial charge on any atom is -0.467 e. The summed E-state index contributed by atoms with van der Waals surface area (Å²) >= 11 is 1.52. The lowest BCUT2D eigenvalue weighted by atomic mass is 10.3. The van der Waals surface area contributed by atoms with Gasteiger partial charge in [0.15, 0.2) is 5.16 Å². The Morgan fingerprint density at radius 2 is 2.29 bits per heavy atom. The zero-order chi connectivity index (χ0) is 16.5. The number of aromatic nitrogens is 5. The summed E-state index contributed by atoms with van der Waals surface area (Å²) in [5.74, 6) is 3.57. The van der Waals surface area contributed by atoms with E-state index in [4.69, 9.17) is 4.42 Å². The second-order valence-electron chi connectivity index (χ2n) is 5.90. The molecule has 3 heterocycles. The van der Waals surface area contributed by atoms with E-state index in [2.05, 4.69) is 24.7 Å². The van der Waals surface area contributed by atoms with Gasteiger partial charge >= 0.3 is 0 Å². The van der Waals surface area contributed by atoms with Crippen LogP contribution >= 0.6 is 11.8 Å². The molecule has 7 nitrogen and oxygen atoms in total. The first kappa shape index (κ1) is 15.2. The molecule has 4 rings (SSSR count). The molecule has 0 spiro atoms. The fraction of sp³-hybridized carbons (Fsp3) is 0.375. The van der Waals surface area contributed by atoms with Crippen LogP contribution in [0.4, 0.5) is 0 Å². The van der Waals surface area contributed by atoms with Crippen LogP contribution in [0.1, 0.15) is 41.9 Å². The molecule has 0 atom stereocenters. The van der Waals surface area contributed by atoms with Crippen molar-refractivity contribution in [3.8, 4) is 0 Å². The SMILES string of the molecule is Cc1cc(=O)[nH]c(CSc2nnc(C3CC3)n2Cc2ccco2)n1. The van der Waals surface area contributed by atoms with E-state index in [0.717, 1.165) is 29.6 Å². The van der Waals surface area contributed by atoms with Gasteiger partial charge in [0.2, 0.25) is 0 Å². The van der Waals surface area contributed by atoms with Crippen LogP contribution in [-0.4, -0.2) is 24.7 Å². The molecule has 1 aliphatic carbocycles. The van der Waals surface area contributed by atoms with Crippen LogP contribution < -0.4 is 5.56 Å². The average molecular weight is 343 g/mol. The molecule has 3 aromatic heterocycles. The third kappa shape index (κ3) is 3.28. The fourth-order valence-corrected chi connectivity index (χ4v) is 3.41. The van der Waals surface area contributed by atoms with Crippen molar-refractivity contribution in [2.75, 3.05) is 0 Å². The summed E-state index contributed by atoms with van der Waals surface area (Å²) in [6, 6.07) is 5.31. The van der Waals surface area contributed by atoms with Crippen molar-refractivity contribution >= 4 is 11.8 Å². The highest BCUT2D eigenvalue weighted by molar-refractivity contribution is 7.98. The Morgan fingerprint density at radius 3 is 3.00 bits per heavy atom. The summed E-state index contributed by atoms with van der Waals surface area (Å²) in [7, 11) is 0. The molecular weight excluding hydrogens is 326 g/mol. The maximum Gasteiger partial charge on any atom is 0.251 e. The molecule has 1 saturated carbocycles. The third-order valence-corrected chi connectivity index (χ3v) is 4.82.